The van der Waals surface area contributed by atoms with Crippen LogP contribution in [0.15, 0.2) is 24.3 Å². The quantitative estimate of drug-likeness (QED) is 0.732. The van der Waals surface area contributed by atoms with E-state index in [1.165, 1.54) is 19.9 Å². The Hall–Kier alpha value is -0.670. The Kier molecular flexibility index (Phi) is 2.83. The molecule has 1 atom stereocenters. The molecule has 15 heavy (non-hydrogen) atoms. The van der Waals surface area contributed by atoms with Crippen LogP contribution in [-0.2, 0) is 5.92 Å². The van der Waals surface area contributed by atoms with Crippen molar-refractivity contribution in [2.45, 2.75) is 25.8 Å². The van der Waals surface area contributed by atoms with E-state index in [4.69, 9.17) is 5.73 Å². The predicted molar refractivity (Wildman–Crippen MR) is 58.3 cm³/mol. The molecule has 0 aliphatic heterocycles. The van der Waals surface area contributed by atoms with Crippen molar-refractivity contribution in [3.63, 3.8) is 0 Å². The van der Waals surface area contributed by atoms with Gasteiger partial charge in [0.2, 0.25) is 0 Å². The molecule has 0 radical (unpaired) electrons. The van der Waals surface area contributed by atoms with Crippen LogP contribution in [0.4, 0.5) is 8.78 Å². The highest BCUT2D eigenvalue weighted by atomic mass is 35.5. The van der Waals surface area contributed by atoms with Gasteiger partial charge < -0.3 is 5.73 Å². The van der Waals surface area contributed by atoms with Crippen LogP contribution in [-0.4, -0.2) is 0 Å². The highest BCUT2D eigenvalue weighted by Gasteiger charge is 2.58. The molecule has 1 nitrogen and oxygen atoms in total. The molecule has 0 fully saturated rings. The SMILES string of the molecule is CC1(C)C(N)c2ccccc2C1(F)F.Cl. The average Bonchev–Trinajstić information content (AvgIpc) is 2.27. The Bertz CT molecular complexity index is 377. The van der Waals surface area contributed by atoms with Crippen molar-refractivity contribution in [3.05, 3.63) is 35.4 Å². The summed E-state index contributed by atoms with van der Waals surface area (Å²) in [6.45, 7) is 3.02. The van der Waals surface area contributed by atoms with Crippen LogP contribution < -0.4 is 5.73 Å². The highest BCUT2D eigenvalue weighted by Crippen LogP contribution is 2.58. The zero-order chi connectivity index (χ0) is 10.6. The molecule has 0 saturated carbocycles. The van der Waals surface area contributed by atoms with Crippen LogP contribution in [0.2, 0.25) is 0 Å². The van der Waals surface area contributed by atoms with Crippen LogP contribution in [0.1, 0.15) is 31.0 Å². The van der Waals surface area contributed by atoms with Crippen molar-refractivity contribution >= 4 is 12.4 Å². The lowest BCUT2D eigenvalue weighted by Crippen LogP contribution is -2.35. The van der Waals surface area contributed by atoms with E-state index in [0.717, 1.165) is 0 Å². The Labute approximate surface area is 94.1 Å². The van der Waals surface area contributed by atoms with Crippen LogP contribution >= 0.6 is 12.4 Å². The average molecular weight is 234 g/mol. The molecule has 2 rings (SSSR count). The molecule has 84 valence electrons. The Morgan fingerprint density at radius 3 is 2.27 bits per heavy atom. The molecule has 1 aromatic carbocycles. The van der Waals surface area contributed by atoms with Gasteiger partial charge in [-0.1, -0.05) is 38.1 Å². The van der Waals surface area contributed by atoms with Crippen molar-refractivity contribution in [1.82, 2.24) is 0 Å². The summed E-state index contributed by atoms with van der Waals surface area (Å²) in [4.78, 5) is 0. The number of halogens is 3. The molecule has 1 aromatic rings. The molecular formula is C11H14ClF2N. The van der Waals surface area contributed by atoms with E-state index in [2.05, 4.69) is 0 Å². The number of benzene rings is 1. The van der Waals surface area contributed by atoms with Crippen LogP contribution in [0, 0.1) is 5.41 Å². The smallest absolute Gasteiger partial charge is 0.280 e. The molecule has 0 heterocycles. The fraction of sp³-hybridized carbons (Fsp3) is 0.455. The lowest BCUT2D eigenvalue weighted by molar-refractivity contribution is -0.109. The zero-order valence-electron chi connectivity index (χ0n) is 8.63. The van der Waals surface area contributed by atoms with E-state index in [-0.39, 0.29) is 18.0 Å². The summed E-state index contributed by atoms with van der Waals surface area (Å²) in [5.74, 6) is -2.83. The molecule has 0 saturated heterocycles. The van der Waals surface area contributed by atoms with Crippen molar-refractivity contribution in [3.8, 4) is 0 Å². The summed E-state index contributed by atoms with van der Waals surface area (Å²) >= 11 is 0. The summed E-state index contributed by atoms with van der Waals surface area (Å²) < 4.78 is 27.8. The second-order valence-corrected chi connectivity index (χ2v) is 4.36. The molecule has 0 amide bonds. The van der Waals surface area contributed by atoms with Gasteiger partial charge in [0, 0.05) is 11.6 Å². The van der Waals surface area contributed by atoms with Gasteiger partial charge >= 0.3 is 0 Å². The van der Waals surface area contributed by atoms with Crippen molar-refractivity contribution in [2.24, 2.45) is 11.1 Å². The summed E-state index contributed by atoms with van der Waals surface area (Å²) in [6.07, 6.45) is 0. The summed E-state index contributed by atoms with van der Waals surface area (Å²) in [5, 5.41) is 0. The van der Waals surface area contributed by atoms with Crippen molar-refractivity contribution < 1.29 is 8.78 Å². The second kappa shape index (κ2) is 3.42. The van der Waals surface area contributed by atoms with Gasteiger partial charge in [0.25, 0.3) is 5.92 Å². The van der Waals surface area contributed by atoms with Crippen LogP contribution in [0.3, 0.4) is 0 Å². The Morgan fingerprint density at radius 1 is 1.20 bits per heavy atom. The third-order valence-electron chi connectivity index (χ3n) is 3.22. The maximum atomic E-state index is 13.9. The molecule has 2 N–H and O–H groups in total. The summed E-state index contributed by atoms with van der Waals surface area (Å²) in [5.41, 5.74) is 5.27. The first-order valence-electron chi connectivity index (χ1n) is 4.62. The first-order valence-corrected chi connectivity index (χ1v) is 4.62. The van der Waals surface area contributed by atoms with Gasteiger partial charge in [-0.05, 0) is 5.56 Å². The largest absolute Gasteiger partial charge is 0.323 e. The molecule has 1 aliphatic carbocycles. The minimum absolute atomic E-state index is 0. The lowest BCUT2D eigenvalue weighted by Gasteiger charge is -2.30. The molecule has 0 spiro atoms. The molecular weight excluding hydrogens is 220 g/mol. The lowest BCUT2D eigenvalue weighted by atomic mass is 9.83. The number of fused-ring (bicyclic) bond motifs is 1. The Morgan fingerprint density at radius 2 is 1.73 bits per heavy atom. The first-order chi connectivity index (χ1) is 6.39. The third kappa shape index (κ3) is 1.37. The molecule has 1 aliphatic rings. The third-order valence-corrected chi connectivity index (χ3v) is 3.22. The molecule has 4 heteroatoms. The van der Waals surface area contributed by atoms with E-state index < -0.39 is 17.4 Å². The predicted octanol–water partition coefficient (Wildman–Crippen LogP) is 3.24. The van der Waals surface area contributed by atoms with Gasteiger partial charge in [-0.25, -0.2) is 8.78 Å². The maximum absolute atomic E-state index is 13.9. The maximum Gasteiger partial charge on any atom is 0.280 e. The summed E-state index contributed by atoms with van der Waals surface area (Å²) in [6, 6.07) is 5.93. The van der Waals surface area contributed by atoms with Gasteiger partial charge in [0.1, 0.15) is 0 Å². The van der Waals surface area contributed by atoms with E-state index in [1.54, 1.807) is 18.2 Å². The van der Waals surface area contributed by atoms with Gasteiger partial charge in [-0.3, -0.25) is 0 Å². The zero-order valence-corrected chi connectivity index (χ0v) is 9.44. The minimum atomic E-state index is -2.83. The fourth-order valence-electron chi connectivity index (χ4n) is 1.99. The number of hydrogen-bond acceptors (Lipinski definition) is 1. The highest BCUT2D eigenvalue weighted by molar-refractivity contribution is 5.85. The summed E-state index contributed by atoms with van der Waals surface area (Å²) in [7, 11) is 0. The van der Waals surface area contributed by atoms with Gasteiger partial charge in [-0.2, -0.15) is 0 Å². The van der Waals surface area contributed by atoms with E-state index in [1.807, 2.05) is 0 Å². The normalized spacial score (nSPS) is 25.5. The van der Waals surface area contributed by atoms with E-state index >= 15 is 0 Å². The number of alkyl halides is 2. The molecule has 1 unspecified atom stereocenters. The van der Waals surface area contributed by atoms with Crippen LogP contribution in [0.5, 0.6) is 0 Å². The van der Waals surface area contributed by atoms with Crippen LogP contribution in [0.25, 0.3) is 0 Å². The Balaban J connectivity index is 0.00000112. The molecule has 0 bridgehead atoms. The van der Waals surface area contributed by atoms with Gasteiger partial charge in [-0.15, -0.1) is 12.4 Å². The minimum Gasteiger partial charge on any atom is -0.323 e. The number of hydrogen-bond donors (Lipinski definition) is 1. The molecule has 0 aromatic heterocycles. The van der Waals surface area contributed by atoms with E-state index in [9.17, 15) is 8.78 Å². The standard InChI is InChI=1S/C11H13F2N.ClH/c1-10(2)9(14)7-5-3-4-6-8(7)11(10,12)13;/h3-6,9H,14H2,1-2H3;1H. The topological polar surface area (TPSA) is 26.0 Å². The van der Waals surface area contributed by atoms with Gasteiger partial charge in [0.05, 0.1) is 5.41 Å². The number of nitrogens with two attached hydrogens (primary N) is 1. The monoisotopic (exact) mass is 233 g/mol. The van der Waals surface area contributed by atoms with Gasteiger partial charge in [0.15, 0.2) is 0 Å². The van der Waals surface area contributed by atoms with E-state index in [0.29, 0.717) is 5.56 Å². The first kappa shape index (κ1) is 12.4. The van der Waals surface area contributed by atoms with Crippen molar-refractivity contribution in [2.75, 3.05) is 0 Å². The fourth-order valence-corrected chi connectivity index (χ4v) is 1.99. The van der Waals surface area contributed by atoms with Crippen molar-refractivity contribution in [1.29, 1.82) is 0 Å². The second-order valence-electron chi connectivity index (χ2n) is 4.36. The number of rotatable bonds is 0.